The van der Waals surface area contributed by atoms with Gasteiger partial charge in [0.05, 0.1) is 0 Å². The molecule has 1 nitrogen and oxygen atoms in total. The van der Waals surface area contributed by atoms with Crippen molar-refractivity contribution in [3.05, 3.63) is 64.1 Å². The second kappa shape index (κ2) is 6.33. The van der Waals surface area contributed by atoms with E-state index in [-0.39, 0.29) is 0 Å². The van der Waals surface area contributed by atoms with E-state index < -0.39 is 0 Å². The van der Waals surface area contributed by atoms with Crippen LogP contribution in [0.1, 0.15) is 24.1 Å². The molecular formula is C17H18BrNS. The summed E-state index contributed by atoms with van der Waals surface area (Å²) >= 11 is 5.63. The van der Waals surface area contributed by atoms with Gasteiger partial charge >= 0.3 is 0 Å². The molecule has 2 aromatic carbocycles. The summed E-state index contributed by atoms with van der Waals surface area (Å²) in [7, 11) is 0. The first-order chi connectivity index (χ1) is 9.74. The van der Waals surface area contributed by atoms with Gasteiger partial charge in [0.1, 0.15) is 0 Å². The van der Waals surface area contributed by atoms with Crippen molar-refractivity contribution < 1.29 is 0 Å². The maximum Gasteiger partial charge on any atom is 0.0303 e. The minimum absolute atomic E-state index is 0.370. The predicted molar refractivity (Wildman–Crippen MR) is 90.4 cm³/mol. The minimum atomic E-state index is 0.370. The third-order valence-electron chi connectivity index (χ3n) is 3.74. The van der Waals surface area contributed by atoms with Crippen molar-refractivity contribution in [1.82, 2.24) is 5.32 Å². The van der Waals surface area contributed by atoms with Crippen molar-refractivity contribution in [2.45, 2.75) is 29.5 Å². The molecule has 0 radical (unpaired) electrons. The smallest absolute Gasteiger partial charge is 0.0303 e. The van der Waals surface area contributed by atoms with E-state index in [9.17, 15) is 0 Å². The van der Waals surface area contributed by atoms with Crippen LogP contribution in [0.2, 0.25) is 0 Å². The van der Waals surface area contributed by atoms with Crippen LogP contribution in [0.5, 0.6) is 0 Å². The largest absolute Gasteiger partial charge is 0.309 e. The first-order valence-electron chi connectivity index (χ1n) is 6.96. The highest BCUT2D eigenvalue weighted by Crippen LogP contribution is 2.36. The van der Waals surface area contributed by atoms with E-state index >= 15 is 0 Å². The molecule has 0 saturated heterocycles. The van der Waals surface area contributed by atoms with Crippen LogP contribution in [0.3, 0.4) is 0 Å². The van der Waals surface area contributed by atoms with Gasteiger partial charge in [0.15, 0.2) is 0 Å². The fraction of sp³-hybridized carbons (Fsp3) is 0.294. The summed E-state index contributed by atoms with van der Waals surface area (Å²) in [6.07, 6.45) is 1.18. The van der Waals surface area contributed by atoms with Gasteiger partial charge in [-0.05, 0) is 36.6 Å². The molecule has 1 N–H and O–H groups in total. The summed E-state index contributed by atoms with van der Waals surface area (Å²) < 4.78 is 1.18. The second-order valence-corrected chi connectivity index (χ2v) is 7.40. The van der Waals surface area contributed by atoms with Crippen molar-refractivity contribution in [2.24, 2.45) is 0 Å². The molecule has 104 valence electrons. The average Bonchev–Trinajstić information content (AvgIpc) is 2.88. The fourth-order valence-corrected chi connectivity index (χ4v) is 4.50. The molecule has 1 unspecified atom stereocenters. The molecule has 1 heterocycles. The van der Waals surface area contributed by atoms with E-state index in [1.807, 2.05) is 11.8 Å². The van der Waals surface area contributed by atoms with Gasteiger partial charge in [-0.15, -0.1) is 11.8 Å². The molecule has 1 aliphatic rings. The lowest BCUT2D eigenvalue weighted by Crippen LogP contribution is -2.27. The molecule has 20 heavy (non-hydrogen) atoms. The van der Waals surface area contributed by atoms with E-state index in [1.54, 1.807) is 0 Å². The van der Waals surface area contributed by atoms with Crippen LogP contribution in [0.15, 0.2) is 57.9 Å². The van der Waals surface area contributed by atoms with Crippen molar-refractivity contribution in [1.29, 1.82) is 0 Å². The predicted octanol–water partition coefficient (Wildman–Crippen LogP) is 4.82. The molecule has 3 heteroatoms. The van der Waals surface area contributed by atoms with Gasteiger partial charge in [-0.3, -0.25) is 0 Å². The molecule has 1 aliphatic heterocycles. The molecule has 0 aromatic heterocycles. The number of nitrogens with one attached hydrogen (secondary N) is 1. The lowest BCUT2D eigenvalue weighted by Gasteiger charge is -2.18. The van der Waals surface area contributed by atoms with E-state index in [4.69, 9.17) is 0 Å². The van der Waals surface area contributed by atoms with Crippen LogP contribution < -0.4 is 5.32 Å². The maximum atomic E-state index is 3.67. The molecule has 0 aliphatic carbocycles. The number of rotatable bonds is 4. The Balaban J connectivity index is 1.58. The Labute approximate surface area is 133 Å². The molecule has 0 fully saturated rings. The molecule has 2 aromatic rings. The number of hydrogen-bond donors (Lipinski definition) is 1. The molecule has 2 atom stereocenters. The average molecular weight is 348 g/mol. The summed E-state index contributed by atoms with van der Waals surface area (Å²) in [5.41, 5.74) is 2.82. The lowest BCUT2D eigenvalue weighted by atomic mass is 10.1. The quantitative estimate of drug-likeness (QED) is 0.850. The molecule has 3 rings (SSSR count). The summed E-state index contributed by atoms with van der Waals surface area (Å²) in [4.78, 5) is 1.45. The monoisotopic (exact) mass is 347 g/mol. The molecule has 0 amide bonds. The number of fused-ring (bicyclic) bond motifs is 1. The fourth-order valence-electron chi connectivity index (χ4n) is 2.61. The van der Waals surface area contributed by atoms with Gasteiger partial charge in [0.2, 0.25) is 0 Å². The number of halogens is 1. The van der Waals surface area contributed by atoms with Crippen molar-refractivity contribution >= 4 is 27.7 Å². The SMILES string of the molecule is C[C@@H](NCC1Cc2ccccc2S1)c1ccccc1Br. The van der Waals surface area contributed by atoms with E-state index in [0.29, 0.717) is 11.3 Å². The topological polar surface area (TPSA) is 12.0 Å². The van der Waals surface area contributed by atoms with Gasteiger partial charge < -0.3 is 5.32 Å². The first kappa shape index (κ1) is 14.2. The third kappa shape index (κ3) is 3.11. The number of hydrogen-bond acceptors (Lipinski definition) is 2. The summed E-state index contributed by atoms with van der Waals surface area (Å²) in [5.74, 6) is 0. The standard InChI is InChI=1S/C17H18BrNS/c1-12(15-7-3-4-8-16(15)18)19-11-14-10-13-6-2-5-9-17(13)20-14/h2-9,12,14,19H,10-11H2,1H3/t12-,14?/m1/s1. The Kier molecular flexibility index (Phi) is 4.49. The van der Waals surface area contributed by atoms with Crippen LogP contribution in [-0.4, -0.2) is 11.8 Å². The van der Waals surface area contributed by atoms with Crippen molar-refractivity contribution in [2.75, 3.05) is 6.54 Å². The zero-order valence-electron chi connectivity index (χ0n) is 11.5. The Hall–Kier alpha value is -0.770. The van der Waals surface area contributed by atoms with E-state index in [2.05, 4.69) is 76.7 Å². The maximum absolute atomic E-state index is 3.67. The van der Waals surface area contributed by atoms with Crippen LogP contribution in [0, 0.1) is 0 Å². The van der Waals surface area contributed by atoms with Crippen LogP contribution in [0.4, 0.5) is 0 Å². The Morgan fingerprint density at radius 1 is 1.20 bits per heavy atom. The van der Waals surface area contributed by atoms with Crippen molar-refractivity contribution in [3.8, 4) is 0 Å². The molecule has 0 bridgehead atoms. The second-order valence-electron chi connectivity index (χ2n) is 5.20. The zero-order valence-corrected chi connectivity index (χ0v) is 13.9. The van der Waals surface area contributed by atoms with E-state index in [1.165, 1.54) is 26.9 Å². The highest BCUT2D eigenvalue weighted by atomic mass is 79.9. The first-order valence-corrected chi connectivity index (χ1v) is 8.63. The molecule has 0 saturated carbocycles. The summed E-state index contributed by atoms with van der Waals surface area (Å²) in [5, 5.41) is 4.32. The van der Waals surface area contributed by atoms with E-state index in [0.717, 1.165) is 6.54 Å². The van der Waals surface area contributed by atoms with Crippen LogP contribution >= 0.6 is 27.7 Å². The Morgan fingerprint density at radius 3 is 2.75 bits per heavy atom. The zero-order chi connectivity index (χ0) is 13.9. The molecule has 0 spiro atoms. The number of thioether (sulfide) groups is 1. The normalized spacial score (nSPS) is 18.8. The lowest BCUT2D eigenvalue weighted by molar-refractivity contribution is 0.565. The highest BCUT2D eigenvalue weighted by molar-refractivity contribution is 9.10. The Morgan fingerprint density at radius 2 is 1.95 bits per heavy atom. The van der Waals surface area contributed by atoms with Crippen LogP contribution in [0.25, 0.3) is 0 Å². The summed E-state index contributed by atoms with van der Waals surface area (Å²) in [6, 6.07) is 17.6. The highest BCUT2D eigenvalue weighted by Gasteiger charge is 2.22. The van der Waals surface area contributed by atoms with Gasteiger partial charge in [0, 0.05) is 27.2 Å². The van der Waals surface area contributed by atoms with Gasteiger partial charge in [-0.1, -0.05) is 52.3 Å². The van der Waals surface area contributed by atoms with Crippen LogP contribution in [-0.2, 0) is 6.42 Å². The van der Waals surface area contributed by atoms with Gasteiger partial charge in [-0.25, -0.2) is 0 Å². The van der Waals surface area contributed by atoms with Gasteiger partial charge in [0.25, 0.3) is 0 Å². The van der Waals surface area contributed by atoms with Crippen molar-refractivity contribution in [3.63, 3.8) is 0 Å². The number of benzene rings is 2. The Bertz CT molecular complexity index is 574. The van der Waals surface area contributed by atoms with Gasteiger partial charge in [-0.2, -0.15) is 0 Å². The summed E-state index contributed by atoms with van der Waals surface area (Å²) in [6.45, 7) is 3.27. The minimum Gasteiger partial charge on any atom is -0.309 e. The third-order valence-corrected chi connectivity index (χ3v) is 5.78. The molecular weight excluding hydrogens is 330 g/mol.